The summed E-state index contributed by atoms with van der Waals surface area (Å²) >= 11 is 0. The monoisotopic (exact) mass is 223 g/mol. The molecule has 2 saturated heterocycles. The largest absolute Gasteiger partial charge is 0.314 e. The summed E-state index contributed by atoms with van der Waals surface area (Å²) < 4.78 is 0. The van der Waals surface area contributed by atoms with E-state index in [2.05, 4.69) is 22.0 Å². The van der Waals surface area contributed by atoms with Gasteiger partial charge in [0.1, 0.15) is 0 Å². The van der Waals surface area contributed by atoms with E-state index in [1.807, 2.05) is 0 Å². The molecule has 0 spiro atoms. The highest BCUT2D eigenvalue weighted by molar-refractivity contribution is 4.90. The van der Waals surface area contributed by atoms with Crippen LogP contribution in [-0.2, 0) is 0 Å². The van der Waals surface area contributed by atoms with E-state index < -0.39 is 0 Å². The van der Waals surface area contributed by atoms with E-state index >= 15 is 0 Å². The molecular weight excluding hydrogens is 198 g/mol. The van der Waals surface area contributed by atoms with Crippen LogP contribution in [0.25, 0.3) is 0 Å². The van der Waals surface area contributed by atoms with Crippen molar-refractivity contribution in [2.45, 2.75) is 38.3 Å². The lowest BCUT2D eigenvalue weighted by atomic mass is 10.0. The first-order valence-corrected chi connectivity index (χ1v) is 7.03. The summed E-state index contributed by atoms with van der Waals surface area (Å²) in [6, 6.07) is 1.75. The second-order valence-corrected chi connectivity index (χ2v) is 5.86. The molecule has 0 amide bonds. The Morgan fingerprint density at radius 3 is 2.12 bits per heavy atom. The number of nitrogens with zero attached hydrogens (tertiary/aromatic N) is 2. The Kier molecular flexibility index (Phi) is 3.18. The maximum atomic E-state index is 3.38. The molecule has 0 aromatic carbocycles. The quantitative estimate of drug-likeness (QED) is 0.746. The van der Waals surface area contributed by atoms with Gasteiger partial charge >= 0.3 is 0 Å². The Morgan fingerprint density at radius 2 is 1.62 bits per heavy atom. The first-order valence-electron chi connectivity index (χ1n) is 7.03. The van der Waals surface area contributed by atoms with Crippen molar-refractivity contribution in [2.24, 2.45) is 5.92 Å². The molecule has 1 N–H and O–H groups in total. The average Bonchev–Trinajstić information content (AvgIpc) is 2.63. The standard InChI is InChI=1S/C13H25N3/c1-11-3-2-4-13(11)16-7-5-15(6-8-16)12-9-14-10-12/h11-14H,2-10H2,1H3. The zero-order valence-corrected chi connectivity index (χ0v) is 10.5. The highest BCUT2D eigenvalue weighted by atomic mass is 15.3. The molecule has 92 valence electrons. The summed E-state index contributed by atoms with van der Waals surface area (Å²) in [5, 5.41) is 3.38. The van der Waals surface area contributed by atoms with Crippen LogP contribution in [0.5, 0.6) is 0 Å². The van der Waals surface area contributed by atoms with Crippen LogP contribution in [0.1, 0.15) is 26.2 Å². The lowest BCUT2D eigenvalue weighted by Gasteiger charge is -2.45. The van der Waals surface area contributed by atoms with Crippen molar-refractivity contribution in [3.63, 3.8) is 0 Å². The third-order valence-corrected chi connectivity index (χ3v) is 4.91. The Hall–Kier alpha value is -0.120. The summed E-state index contributed by atoms with van der Waals surface area (Å²) in [6.07, 6.45) is 4.36. The van der Waals surface area contributed by atoms with Gasteiger partial charge in [-0.2, -0.15) is 0 Å². The number of nitrogens with one attached hydrogen (secondary N) is 1. The molecule has 3 heteroatoms. The van der Waals surface area contributed by atoms with E-state index in [9.17, 15) is 0 Å². The van der Waals surface area contributed by atoms with Crippen molar-refractivity contribution in [1.82, 2.24) is 15.1 Å². The molecular formula is C13H25N3. The van der Waals surface area contributed by atoms with Crippen molar-refractivity contribution < 1.29 is 0 Å². The topological polar surface area (TPSA) is 18.5 Å². The Labute approximate surface area is 99.2 Å². The molecule has 0 radical (unpaired) electrons. The minimum absolute atomic E-state index is 0.850. The number of hydrogen-bond donors (Lipinski definition) is 1. The van der Waals surface area contributed by atoms with Crippen LogP contribution in [0.4, 0.5) is 0 Å². The first-order chi connectivity index (χ1) is 7.84. The third kappa shape index (κ3) is 2.01. The zero-order valence-electron chi connectivity index (χ0n) is 10.5. The van der Waals surface area contributed by atoms with E-state index in [0.29, 0.717) is 0 Å². The molecule has 3 aliphatic rings. The maximum Gasteiger partial charge on any atom is 0.0346 e. The number of hydrogen-bond acceptors (Lipinski definition) is 3. The molecule has 3 rings (SSSR count). The fourth-order valence-electron chi connectivity index (χ4n) is 3.63. The van der Waals surface area contributed by atoms with E-state index in [-0.39, 0.29) is 0 Å². The second kappa shape index (κ2) is 4.63. The van der Waals surface area contributed by atoms with Crippen LogP contribution in [0.2, 0.25) is 0 Å². The van der Waals surface area contributed by atoms with Gasteiger partial charge in [0.15, 0.2) is 0 Å². The van der Waals surface area contributed by atoms with Crippen LogP contribution in [-0.4, -0.2) is 61.2 Å². The molecule has 1 saturated carbocycles. The smallest absolute Gasteiger partial charge is 0.0346 e. The Bertz CT molecular complexity index is 231. The normalized spacial score (nSPS) is 38.8. The molecule has 1 aliphatic carbocycles. The van der Waals surface area contributed by atoms with Crippen molar-refractivity contribution in [3.8, 4) is 0 Å². The zero-order chi connectivity index (χ0) is 11.0. The van der Waals surface area contributed by atoms with Gasteiger partial charge in [-0.05, 0) is 18.8 Å². The Balaban J connectivity index is 1.49. The van der Waals surface area contributed by atoms with Crippen LogP contribution in [0, 0.1) is 5.92 Å². The van der Waals surface area contributed by atoms with Crippen molar-refractivity contribution >= 4 is 0 Å². The van der Waals surface area contributed by atoms with Gasteiger partial charge in [0, 0.05) is 51.4 Å². The van der Waals surface area contributed by atoms with E-state index in [4.69, 9.17) is 0 Å². The average molecular weight is 223 g/mol. The predicted molar refractivity (Wildman–Crippen MR) is 66.6 cm³/mol. The molecule has 2 atom stereocenters. The third-order valence-electron chi connectivity index (χ3n) is 4.91. The van der Waals surface area contributed by atoms with E-state index in [1.54, 1.807) is 0 Å². The summed E-state index contributed by atoms with van der Waals surface area (Å²) in [5.74, 6) is 0.942. The number of rotatable bonds is 2. The molecule has 0 aromatic heterocycles. The van der Waals surface area contributed by atoms with Gasteiger partial charge in [-0.25, -0.2) is 0 Å². The lowest BCUT2D eigenvalue weighted by Crippen LogP contribution is -2.62. The van der Waals surface area contributed by atoms with E-state index in [1.165, 1.54) is 58.5 Å². The van der Waals surface area contributed by atoms with Crippen LogP contribution < -0.4 is 5.32 Å². The van der Waals surface area contributed by atoms with Crippen LogP contribution >= 0.6 is 0 Å². The van der Waals surface area contributed by atoms with Gasteiger partial charge in [-0.1, -0.05) is 13.3 Å². The van der Waals surface area contributed by atoms with Crippen molar-refractivity contribution in [1.29, 1.82) is 0 Å². The maximum absolute atomic E-state index is 3.38. The molecule has 2 unspecified atom stereocenters. The van der Waals surface area contributed by atoms with Crippen molar-refractivity contribution in [3.05, 3.63) is 0 Å². The second-order valence-electron chi connectivity index (χ2n) is 5.86. The van der Waals surface area contributed by atoms with Crippen molar-refractivity contribution in [2.75, 3.05) is 39.3 Å². The van der Waals surface area contributed by atoms with Gasteiger partial charge in [-0.3, -0.25) is 9.80 Å². The van der Waals surface area contributed by atoms with Crippen LogP contribution in [0.3, 0.4) is 0 Å². The lowest BCUT2D eigenvalue weighted by molar-refractivity contribution is 0.0439. The Morgan fingerprint density at radius 1 is 0.938 bits per heavy atom. The first kappa shape index (κ1) is 11.0. The molecule has 0 aromatic rings. The summed E-state index contributed by atoms with van der Waals surface area (Å²) in [7, 11) is 0. The summed E-state index contributed by atoms with van der Waals surface area (Å²) in [5.41, 5.74) is 0. The molecule has 2 heterocycles. The van der Waals surface area contributed by atoms with Gasteiger partial charge in [0.2, 0.25) is 0 Å². The molecule has 2 aliphatic heterocycles. The summed E-state index contributed by atoms with van der Waals surface area (Å²) in [6.45, 7) is 10.1. The van der Waals surface area contributed by atoms with Gasteiger partial charge in [0.25, 0.3) is 0 Å². The predicted octanol–water partition coefficient (Wildman–Crippen LogP) is 0.764. The van der Waals surface area contributed by atoms with Crippen LogP contribution in [0.15, 0.2) is 0 Å². The highest BCUT2D eigenvalue weighted by Gasteiger charge is 2.33. The fraction of sp³-hybridized carbons (Fsp3) is 1.00. The molecule has 3 fully saturated rings. The highest BCUT2D eigenvalue weighted by Crippen LogP contribution is 2.30. The summed E-state index contributed by atoms with van der Waals surface area (Å²) in [4.78, 5) is 5.45. The SMILES string of the molecule is CC1CCCC1N1CCN(C2CNC2)CC1. The minimum atomic E-state index is 0.850. The van der Waals surface area contributed by atoms with Gasteiger partial charge in [-0.15, -0.1) is 0 Å². The van der Waals surface area contributed by atoms with Gasteiger partial charge in [0.05, 0.1) is 0 Å². The molecule has 3 nitrogen and oxygen atoms in total. The van der Waals surface area contributed by atoms with Gasteiger partial charge < -0.3 is 5.32 Å². The minimum Gasteiger partial charge on any atom is -0.314 e. The number of piperazine rings is 1. The molecule has 16 heavy (non-hydrogen) atoms. The fourth-order valence-corrected chi connectivity index (χ4v) is 3.63. The molecule has 0 bridgehead atoms. The van der Waals surface area contributed by atoms with E-state index in [0.717, 1.165) is 18.0 Å².